The summed E-state index contributed by atoms with van der Waals surface area (Å²) in [5.74, 6) is -3.78. The van der Waals surface area contributed by atoms with Crippen molar-refractivity contribution in [2.45, 2.75) is 86.3 Å². The Balaban J connectivity index is 2.12. The Morgan fingerprint density at radius 2 is 1.07 bits per heavy atom. The zero-order chi connectivity index (χ0) is 31.2. The third-order valence-electron chi connectivity index (χ3n) is 6.96. The number of alkyl halides is 2. The lowest BCUT2D eigenvalue weighted by molar-refractivity contribution is -0.134. The fraction of sp³-hybridized carbons (Fsp3) is 0.720. The topological polar surface area (TPSA) is 262 Å². The van der Waals surface area contributed by atoms with Crippen molar-refractivity contribution in [2.24, 2.45) is 32.9 Å². The molecule has 2 heterocycles. The molecule has 6 atom stereocenters. The van der Waals surface area contributed by atoms with E-state index in [0.29, 0.717) is 38.8 Å². The molecule has 0 aromatic carbocycles. The van der Waals surface area contributed by atoms with Gasteiger partial charge in [-0.15, -0.1) is 23.2 Å². The monoisotopic (exact) mass is 632 g/mol. The van der Waals surface area contributed by atoms with E-state index in [1.165, 1.54) is 0 Å². The van der Waals surface area contributed by atoms with Crippen LogP contribution in [0.25, 0.3) is 0 Å². The van der Waals surface area contributed by atoms with Crippen LogP contribution in [0.2, 0.25) is 0 Å². The van der Waals surface area contributed by atoms with E-state index in [0.717, 1.165) is 12.8 Å². The summed E-state index contributed by atoms with van der Waals surface area (Å²) in [7, 11) is 0. The lowest BCUT2D eigenvalue weighted by Crippen LogP contribution is -2.54. The maximum absolute atomic E-state index is 13.3. The summed E-state index contributed by atoms with van der Waals surface area (Å²) in [4.78, 5) is 73.0. The van der Waals surface area contributed by atoms with Crippen LogP contribution in [0, 0.1) is 0 Å². The molecule has 0 radical (unpaired) electrons. The van der Waals surface area contributed by atoms with Crippen LogP contribution in [-0.4, -0.2) is 102 Å². The van der Waals surface area contributed by atoms with Crippen LogP contribution in [0.3, 0.4) is 0 Å². The highest BCUT2D eigenvalue weighted by Gasteiger charge is 2.40. The summed E-state index contributed by atoms with van der Waals surface area (Å²) >= 11 is 12.6. The molecule has 17 heteroatoms. The van der Waals surface area contributed by atoms with E-state index in [2.05, 4.69) is 31.3 Å². The van der Waals surface area contributed by atoms with E-state index in [1.54, 1.807) is 0 Å². The summed E-state index contributed by atoms with van der Waals surface area (Å²) < 4.78 is 0. The summed E-state index contributed by atoms with van der Waals surface area (Å²) in [6.07, 6.45) is 3.55. The second-order valence-corrected chi connectivity index (χ2v) is 11.1. The Morgan fingerprint density at radius 3 is 1.38 bits per heavy atom. The molecule has 2 aliphatic rings. The summed E-state index contributed by atoms with van der Waals surface area (Å²) in [6, 6.07) is -3.27. The highest BCUT2D eigenvalue weighted by atomic mass is 35.5. The largest absolute Gasteiger partial charge is 0.370 e. The van der Waals surface area contributed by atoms with Crippen molar-refractivity contribution in [3.63, 3.8) is 0 Å². The lowest BCUT2D eigenvalue weighted by atomic mass is 9.96. The van der Waals surface area contributed by atoms with Crippen LogP contribution in [0.5, 0.6) is 0 Å². The van der Waals surface area contributed by atoms with Gasteiger partial charge in [0.1, 0.15) is 0 Å². The van der Waals surface area contributed by atoms with E-state index >= 15 is 0 Å². The normalized spacial score (nSPS) is 20.9. The maximum Gasteiger partial charge on any atom is 0.237 e. The van der Waals surface area contributed by atoms with E-state index in [-0.39, 0.29) is 37.9 Å². The molecule has 12 N–H and O–H groups in total. The number of Topliss-reactive ketones (excluding diaryl/α,β-unsaturated/α-hetero) is 3. The van der Waals surface area contributed by atoms with Crippen LogP contribution in [-0.2, 0) is 24.0 Å². The Kier molecular flexibility index (Phi) is 14.9. The van der Waals surface area contributed by atoms with Crippen molar-refractivity contribution in [1.82, 2.24) is 21.3 Å². The van der Waals surface area contributed by atoms with Crippen molar-refractivity contribution in [1.29, 1.82) is 0 Å². The molecular formula is C25H42Cl2N10O5. The zero-order valence-corrected chi connectivity index (χ0v) is 25.0. The number of amides is 2. The molecule has 2 saturated heterocycles. The second kappa shape index (κ2) is 17.8. The number of hydrogen-bond acceptors (Lipinski definition) is 9. The van der Waals surface area contributed by atoms with Gasteiger partial charge in [-0.2, -0.15) is 0 Å². The fourth-order valence-corrected chi connectivity index (χ4v) is 5.32. The summed E-state index contributed by atoms with van der Waals surface area (Å²) in [5, 5.41) is 7.70. The molecule has 2 fully saturated rings. The molecule has 15 nitrogen and oxygen atoms in total. The number of halogens is 2. The molecular weight excluding hydrogens is 591 g/mol. The molecule has 2 amide bonds. The molecule has 4 unspecified atom stereocenters. The highest BCUT2D eigenvalue weighted by molar-refractivity contribution is 6.52. The van der Waals surface area contributed by atoms with Crippen LogP contribution < -0.4 is 44.2 Å². The predicted octanol–water partition coefficient (Wildman–Crippen LogP) is -2.51. The highest BCUT2D eigenvalue weighted by Crippen LogP contribution is 2.17. The molecule has 2 aliphatic heterocycles. The van der Waals surface area contributed by atoms with Crippen molar-refractivity contribution in [3.05, 3.63) is 0 Å². The van der Waals surface area contributed by atoms with Gasteiger partial charge in [0.05, 0.1) is 24.2 Å². The molecule has 0 aromatic rings. The first-order valence-corrected chi connectivity index (χ1v) is 14.9. The van der Waals surface area contributed by atoms with Gasteiger partial charge < -0.3 is 44.2 Å². The van der Waals surface area contributed by atoms with Gasteiger partial charge in [0.25, 0.3) is 0 Å². The van der Waals surface area contributed by atoms with E-state index in [9.17, 15) is 24.0 Å². The first-order valence-electron chi connectivity index (χ1n) is 14.0. The number of nitrogens with two attached hydrogens (primary N) is 4. The lowest BCUT2D eigenvalue weighted by Gasteiger charge is -2.24. The number of carbonyl (C=O) groups excluding carboxylic acids is 5. The standard InChI is InChI=1S/C25H42Cl2N10O5/c26-17(19(38)13(5-1-11-34-24(28)29)36-22(41)15-7-3-9-32-15)21(40)18(27)20(39)14(6-2-12-35-25(30)31)37-23(42)16-8-4-10-33-16/h13-18,32-33H,1-12H2,(H,36,41)(H,37,42)(H4,28,29,34)(H4,30,31,35)/t13?,14?,15-,16-,17?,18?/m0/s1. The van der Waals surface area contributed by atoms with Gasteiger partial charge in [-0.3, -0.25) is 34.0 Å². The van der Waals surface area contributed by atoms with Gasteiger partial charge in [-0.1, -0.05) is 0 Å². The average molecular weight is 634 g/mol. The number of aliphatic imine (C=N–C) groups is 2. The number of rotatable bonds is 18. The van der Waals surface area contributed by atoms with Crippen LogP contribution >= 0.6 is 23.2 Å². The van der Waals surface area contributed by atoms with Crippen LogP contribution in [0.1, 0.15) is 51.4 Å². The molecule has 236 valence electrons. The number of ketones is 3. The van der Waals surface area contributed by atoms with Gasteiger partial charge in [-0.05, 0) is 64.5 Å². The quantitative estimate of drug-likeness (QED) is 0.0257. The predicted molar refractivity (Wildman–Crippen MR) is 160 cm³/mol. The Hall–Kier alpha value is -3.01. The Bertz CT molecular complexity index is 945. The van der Waals surface area contributed by atoms with Crippen molar-refractivity contribution < 1.29 is 24.0 Å². The Labute approximate surface area is 254 Å². The average Bonchev–Trinajstić information content (AvgIpc) is 3.69. The maximum atomic E-state index is 13.3. The van der Waals surface area contributed by atoms with Crippen molar-refractivity contribution >= 4 is 64.3 Å². The smallest absolute Gasteiger partial charge is 0.237 e. The van der Waals surface area contributed by atoms with Crippen molar-refractivity contribution in [3.8, 4) is 0 Å². The van der Waals surface area contributed by atoms with E-state index in [4.69, 9.17) is 46.1 Å². The molecule has 0 bridgehead atoms. The fourth-order valence-electron chi connectivity index (χ4n) is 4.70. The Morgan fingerprint density at radius 1 is 0.690 bits per heavy atom. The molecule has 2 rings (SSSR count). The molecule has 0 saturated carbocycles. The second-order valence-electron chi connectivity index (χ2n) is 10.3. The number of carbonyl (C=O) groups is 5. The SMILES string of the molecule is NC(N)=NCCCC(NC(=O)[C@@H]1CCCN1)C(=O)C(Cl)C(=O)C(Cl)C(=O)C(CCCN=C(N)N)NC(=O)[C@@H]1CCCN1. The number of nitrogens with one attached hydrogen (secondary N) is 4. The first-order chi connectivity index (χ1) is 19.9. The van der Waals surface area contributed by atoms with E-state index in [1.807, 2.05) is 0 Å². The minimum atomic E-state index is -1.84. The molecule has 0 aliphatic carbocycles. The third-order valence-corrected chi connectivity index (χ3v) is 7.82. The van der Waals surface area contributed by atoms with Crippen LogP contribution in [0.15, 0.2) is 9.98 Å². The first kappa shape index (κ1) is 35.2. The van der Waals surface area contributed by atoms with Crippen molar-refractivity contribution in [2.75, 3.05) is 26.2 Å². The number of guanidine groups is 2. The van der Waals surface area contributed by atoms with E-state index < -0.39 is 64.1 Å². The van der Waals surface area contributed by atoms with Gasteiger partial charge >= 0.3 is 0 Å². The van der Waals surface area contributed by atoms with Gasteiger partial charge in [0.15, 0.2) is 40.0 Å². The minimum Gasteiger partial charge on any atom is -0.370 e. The van der Waals surface area contributed by atoms with Gasteiger partial charge in [-0.25, -0.2) is 0 Å². The third kappa shape index (κ3) is 11.3. The van der Waals surface area contributed by atoms with Gasteiger partial charge in [0, 0.05) is 13.1 Å². The summed E-state index contributed by atoms with van der Waals surface area (Å²) in [6.45, 7) is 1.68. The molecule has 0 spiro atoms. The number of nitrogens with zero attached hydrogens (tertiary/aromatic N) is 2. The molecule has 0 aromatic heterocycles. The summed E-state index contributed by atoms with van der Waals surface area (Å²) in [5.41, 5.74) is 21.4. The van der Waals surface area contributed by atoms with Gasteiger partial charge in [0.2, 0.25) is 11.8 Å². The molecule has 42 heavy (non-hydrogen) atoms. The minimum absolute atomic E-state index is 0.0866. The van der Waals surface area contributed by atoms with Crippen LogP contribution in [0.4, 0.5) is 0 Å². The zero-order valence-electron chi connectivity index (χ0n) is 23.5. The number of hydrogen-bond donors (Lipinski definition) is 8.